The molecular formula is C20H25N3O. The molecule has 1 aliphatic rings. The quantitative estimate of drug-likeness (QED) is 0.930. The van der Waals surface area contributed by atoms with E-state index in [1.165, 1.54) is 18.5 Å². The van der Waals surface area contributed by atoms with Gasteiger partial charge in [0.2, 0.25) is 0 Å². The Kier molecular flexibility index (Phi) is 5.14. The normalized spacial score (nSPS) is 18.9. The summed E-state index contributed by atoms with van der Waals surface area (Å²) >= 11 is 0. The number of amides is 1. The highest BCUT2D eigenvalue weighted by atomic mass is 16.1. The fraction of sp³-hybridized carbons (Fsp3) is 0.400. The van der Waals surface area contributed by atoms with Gasteiger partial charge in [0.1, 0.15) is 0 Å². The summed E-state index contributed by atoms with van der Waals surface area (Å²) in [6.45, 7) is 6.59. The van der Waals surface area contributed by atoms with Gasteiger partial charge in [-0.15, -0.1) is 0 Å². The summed E-state index contributed by atoms with van der Waals surface area (Å²) in [4.78, 5) is 18.7. The molecule has 3 rings (SSSR count). The molecule has 0 unspecified atom stereocenters. The number of hydrogen-bond donors (Lipinski definition) is 1. The summed E-state index contributed by atoms with van der Waals surface area (Å²) in [6.07, 6.45) is 5.84. The molecule has 0 spiro atoms. The van der Waals surface area contributed by atoms with E-state index in [1.807, 2.05) is 6.92 Å². The van der Waals surface area contributed by atoms with Crippen LogP contribution in [0.1, 0.15) is 48.7 Å². The van der Waals surface area contributed by atoms with E-state index in [4.69, 9.17) is 0 Å². The SMILES string of the molecule is C[C@H]1CCCN(c2ccc([C@@H](C)NC(=O)c3cccnc3)cc2)C1. The van der Waals surface area contributed by atoms with Gasteiger partial charge in [-0.05, 0) is 55.5 Å². The van der Waals surface area contributed by atoms with Gasteiger partial charge in [0.25, 0.3) is 5.91 Å². The van der Waals surface area contributed by atoms with E-state index in [1.54, 1.807) is 24.5 Å². The molecule has 1 fully saturated rings. The Morgan fingerprint density at radius 3 is 2.75 bits per heavy atom. The molecule has 4 heteroatoms. The van der Waals surface area contributed by atoms with Crippen LogP contribution in [0, 0.1) is 5.92 Å². The number of piperidine rings is 1. The Hall–Kier alpha value is -2.36. The maximum Gasteiger partial charge on any atom is 0.253 e. The lowest BCUT2D eigenvalue weighted by Gasteiger charge is -2.33. The molecule has 0 radical (unpaired) electrons. The number of benzene rings is 1. The fourth-order valence-corrected chi connectivity index (χ4v) is 3.26. The number of nitrogens with one attached hydrogen (secondary N) is 1. The molecule has 0 saturated carbocycles. The lowest BCUT2D eigenvalue weighted by molar-refractivity contribution is 0.0939. The van der Waals surface area contributed by atoms with E-state index >= 15 is 0 Å². The summed E-state index contributed by atoms with van der Waals surface area (Å²) in [6, 6.07) is 12.1. The van der Waals surface area contributed by atoms with Crippen molar-refractivity contribution in [1.29, 1.82) is 0 Å². The molecule has 2 atom stereocenters. The van der Waals surface area contributed by atoms with Gasteiger partial charge in [0, 0.05) is 31.2 Å². The summed E-state index contributed by atoms with van der Waals surface area (Å²) in [5.74, 6) is 0.667. The maximum atomic E-state index is 12.2. The number of carbonyl (C=O) groups excluding carboxylic acids is 1. The lowest BCUT2D eigenvalue weighted by atomic mass is 9.99. The first-order valence-corrected chi connectivity index (χ1v) is 8.69. The zero-order valence-corrected chi connectivity index (χ0v) is 14.4. The molecule has 4 nitrogen and oxygen atoms in total. The second-order valence-electron chi connectivity index (χ2n) is 6.72. The molecule has 1 amide bonds. The van der Waals surface area contributed by atoms with Crippen molar-refractivity contribution in [3.8, 4) is 0 Å². The molecule has 24 heavy (non-hydrogen) atoms. The molecule has 2 aromatic rings. The van der Waals surface area contributed by atoms with Crippen LogP contribution in [-0.4, -0.2) is 24.0 Å². The molecule has 126 valence electrons. The number of hydrogen-bond acceptors (Lipinski definition) is 3. The number of nitrogens with zero attached hydrogens (tertiary/aromatic N) is 2. The third kappa shape index (κ3) is 3.94. The van der Waals surface area contributed by atoms with Crippen molar-refractivity contribution < 1.29 is 4.79 Å². The minimum absolute atomic E-state index is 0.0352. The molecule has 1 saturated heterocycles. The smallest absolute Gasteiger partial charge is 0.253 e. The Morgan fingerprint density at radius 2 is 2.08 bits per heavy atom. The number of anilines is 1. The van der Waals surface area contributed by atoms with Crippen LogP contribution in [-0.2, 0) is 0 Å². The molecule has 2 heterocycles. The van der Waals surface area contributed by atoms with Crippen LogP contribution in [0.25, 0.3) is 0 Å². The lowest BCUT2D eigenvalue weighted by Crippen LogP contribution is -2.34. The van der Waals surface area contributed by atoms with Crippen LogP contribution in [0.3, 0.4) is 0 Å². The highest BCUT2D eigenvalue weighted by Gasteiger charge is 2.17. The van der Waals surface area contributed by atoms with Gasteiger partial charge >= 0.3 is 0 Å². The molecule has 1 aromatic carbocycles. The molecule has 1 N–H and O–H groups in total. The van der Waals surface area contributed by atoms with E-state index in [9.17, 15) is 4.79 Å². The second kappa shape index (κ2) is 7.47. The van der Waals surface area contributed by atoms with Crippen molar-refractivity contribution in [3.05, 3.63) is 59.9 Å². The monoisotopic (exact) mass is 323 g/mol. The van der Waals surface area contributed by atoms with Crippen LogP contribution >= 0.6 is 0 Å². The first-order chi connectivity index (χ1) is 11.6. The standard InChI is InChI=1S/C20H25N3O/c1-15-5-4-12-23(14-15)19-9-7-17(8-10-19)16(2)22-20(24)18-6-3-11-21-13-18/h3,6-11,13,15-16H,4-5,12,14H2,1-2H3,(H,22,24)/t15-,16+/m0/s1. The minimum Gasteiger partial charge on any atom is -0.371 e. The van der Waals surface area contributed by atoms with Crippen LogP contribution < -0.4 is 10.2 Å². The summed E-state index contributed by atoms with van der Waals surface area (Å²) in [7, 11) is 0. The molecular weight excluding hydrogens is 298 g/mol. The van der Waals surface area contributed by atoms with Crippen molar-refractivity contribution in [2.75, 3.05) is 18.0 Å². The molecule has 0 bridgehead atoms. The first kappa shape index (κ1) is 16.5. The van der Waals surface area contributed by atoms with Crippen LogP contribution in [0.15, 0.2) is 48.8 Å². The Bertz CT molecular complexity index is 669. The van der Waals surface area contributed by atoms with Crippen molar-refractivity contribution in [2.45, 2.75) is 32.7 Å². The minimum atomic E-state index is -0.0930. The first-order valence-electron chi connectivity index (χ1n) is 8.69. The molecule has 1 aliphatic heterocycles. The van der Waals surface area contributed by atoms with Gasteiger partial charge in [0.05, 0.1) is 11.6 Å². The number of pyridine rings is 1. The summed E-state index contributed by atoms with van der Waals surface area (Å²) < 4.78 is 0. The van der Waals surface area contributed by atoms with Crippen molar-refractivity contribution in [2.24, 2.45) is 5.92 Å². The third-order valence-corrected chi connectivity index (χ3v) is 4.69. The van der Waals surface area contributed by atoms with Crippen LogP contribution in [0.2, 0.25) is 0 Å². The third-order valence-electron chi connectivity index (χ3n) is 4.69. The predicted octanol–water partition coefficient (Wildman–Crippen LogP) is 3.81. The highest BCUT2D eigenvalue weighted by molar-refractivity contribution is 5.94. The highest BCUT2D eigenvalue weighted by Crippen LogP contribution is 2.24. The topological polar surface area (TPSA) is 45.2 Å². The van der Waals surface area contributed by atoms with Crippen molar-refractivity contribution in [1.82, 2.24) is 10.3 Å². The summed E-state index contributed by atoms with van der Waals surface area (Å²) in [5, 5.41) is 3.03. The number of rotatable bonds is 4. The predicted molar refractivity (Wildman–Crippen MR) is 97.2 cm³/mol. The van der Waals surface area contributed by atoms with E-state index in [0.29, 0.717) is 5.56 Å². The number of aromatic nitrogens is 1. The molecule has 0 aliphatic carbocycles. The van der Waals surface area contributed by atoms with Gasteiger partial charge in [-0.1, -0.05) is 19.1 Å². The van der Waals surface area contributed by atoms with Crippen molar-refractivity contribution >= 4 is 11.6 Å². The van der Waals surface area contributed by atoms with Gasteiger partial charge in [-0.3, -0.25) is 9.78 Å². The van der Waals surface area contributed by atoms with E-state index < -0.39 is 0 Å². The van der Waals surface area contributed by atoms with Gasteiger partial charge < -0.3 is 10.2 Å². The number of carbonyl (C=O) groups is 1. The fourth-order valence-electron chi connectivity index (χ4n) is 3.26. The van der Waals surface area contributed by atoms with Crippen molar-refractivity contribution in [3.63, 3.8) is 0 Å². The largest absolute Gasteiger partial charge is 0.371 e. The van der Waals surface area contributed by atoms with E-state index in [-0.39, 0.29) is 11.9 Å². The molecule has 1 aromatic heterocycles. The van der Waals surface area contributed by atoms with Gasteiger partial charge in [-0.2, -0.15) is 0 Å². The average molecular weight is 323 g/mol. The van der Waals surface area contributed by atoms with Crippen LogP contribution in [0.4, 0.5) is 5.69 Å². The van der Waals surface area contributed by atoms with Gasteiger partial charge in [-0.25, -0.2) is 0 Å². The van der Waals surface area contributed by atoms with Gasteiger partial charge in [0.15, 0.2) is 0 Å². The average Bonchev–Trinajstić information content (AvgIpc) is 2.62. The van der Waals surface area contributed by atoms with Crippen LogP contribution in [0.5, 0.6) is 0 Å². The Labute approximate surface area is 143 Å². The zero-order valence-electron chi connectivity index (χ0n) is 14.4. The van der Waals surface area contributed by atoms with E-state index in [0.717, 1.165) is 24.6 Å². The Balaban J connectivity index is 1.63. The second-order valence-corrected chi connectivity index (χ2v) is 6.72. The zero-order chi connectivity index (χ0) is 16.9. The summed E-state index contributed by atoms with van der Waals surface area (Å²) in [5.41, 5.74) is 2.97. The Morgan fingerprint density at radius 1 is 1.29 bits per heavy atom. The van der Waals surface area contributed by atoms with E-state index in [2.05, 4.69) is 46.4 Å². The maximum absolute atomic E-state index is 12.2.